The molecule has 0 saturated heterocycles. The third kappa shape index (κ3) is 4.64. The summed E-state index contributed by atoms with van der Waals surface area (Å²) in [6.07, 6.45) is 5.87. The van der Waals surface area contributed by atoms with E-state index in [1.54, 1.807) is 0 Å². The van der Waals surface area contributed by atoms with Gasteiger partial charge in [-0.3, -0.25) is 0 Å². The molecule has 1 aliphatic carbocycles. The lowest BCUT2D eigenvalue weighted by Crippen LogP contribution is -2.40. The molecule has 0 atom stereocenters. The van der Waals surface area contributed by atoms with Gasteiger partial charge in [0.1, 0.15) is 6.10 Å². The first-order valence-corrected chi connectivity index (χ1v) is 11.3. The number of hydrogen-bond donors (Lipinski definition) is 1. The molecule has 152 valence electrons. The second-order valence-electron chi connectivity index (χ2n) is 7.49. The van der Waals surface area contributed by atoms with Crippen molar-refractivity contribution in [3.8, 4) is 6.01 Å². The summed E-state index contributed by atoms with van der Waals surface area (Å²) in [4.78, 5) is 8.51. The Hall–Kier alpha value is -1.70. The lowest BCUT2D eigenvalue weighted by Gasteiger charge is -2.29. The summed E-state index contributed by atoms with van der Waals surface area (Å²) in [7, 11) is -3.58. The molecule has 1 saturated carbocycles. The Kier molecular flexibility index (Phi) is 6.27. The van der Waals surface area contributed by atoms with Gasteiger partial charge in [-0.1, -0.05) is 17.7 Å². The molecule has 1 N–H and O–H groups in total. The van der Waals surface area contributed by atoms with Gasteiger partial charge >= 0.3 is 6.01 Å². The molecule has 1 aromatic carbocycles. The minimum absolute atomic E-state index is 0.0217. The highest BCUT2D eigenvalue weighted by Gasteiger charge is 2.29. The number of aromatic nitrogens is 2. The maximum atomic E-state index is 13.1. The van der Waals surface area contributed by atoms with Gasteiger partial charge in [-0.25, -0.2) is 23.1 Å². The second-order valence-corrected chi connectivity index (χ2v) is 9.57. The van der Waals surface area contributed by atoms with Crippen LogP contribution in [0, 0.1) is 27.7 Å². The van der Waals surface area contributed by atoms with E-state index < -0.39 is 10.0 Å². The first kappa shape index (κ1) is 21.0. The molecular formula is C20H26ClN3O3S. The number of halogens is 1. The van der Waals surface area contributed by atoms with Crippen molar-refractivity contribution < 1.29 is 13.2 Å². The van der Waals surface area contributed by atoms with Gasteiger partial charge in [0.05, 0.1) is 22.3 Å². The molecular weight excluding hydrogens is 398 g/mol. The predicted molar refractivity (Wildman–Crippen MR) is 109 cm³/mol. The number of nitrogens with zero attached hydrogens (tertiary/aromatic N) is 2. The third-order valence-electron chi connectivity index (χ3n) is 5.43. The summed E-state index contributed by atoms with van der Waals surface area (Å²) >= 11 is 5.78. The van der Waals surface area contributed by atoms with E-state index in [0.29, 0.717) is 28.8 Å². The van der Waals surface area contributed by atoms with Gasteiger partial charge in [0.15, 0.2) is 0 Å². The fraction of sp³-hybridized carbons (Fsp3) is 0.500. The summed E-state index contributed by atoms with van der Waals surface area (Å²) in [6, 6.07) is 2.23. The number of ether oxygens (including phenoxy) is 1. The van der Waals surface area contributed by atoms with Crippen molar-refractivity contribution in [3.63, 3.8) is 0 Å². The fourth-order valence-corrected chi connectivity index (χ4v) is 5.69. The molecule has 1 fully saturated rings. The highest BCUT2D eigenvalue weighted by molar-refractivity contribution is 7.89. The van der Waals surface area contributed by atoms with Crippen LogP contribution in [0.2, 0.25) is 5.02 Å². The smallest absolute Gasteiger partial charge is 0.316 e. The van der Waals surface area contributed by atoms with Crippen molar-refractivity contribution in [3.05, 3.63) is 45.7 Å². The van der Waals surface area contributed by atoms with Crippen LogP contribution in [0.15, 0.2) is 23.4 Å². The Morgan fingerprint density at radius 1 is 1.00 bits per heavy atom. The maximum Gasteiger partial charge on any atom is 0.316 e. The first-order chi connectivity index (χ1) is 13.2. The van der Waals surface area contributed by atoms with E-state index >= 15 is 0 Å². The highest BCUT2D eigenvalue weighted by Crippen LogP contribution is 2.28. The van der Waals surface area contributed by atoms with Crippen molar-refractivity contribution in [1.29, 1.82) is 0 Å². The zero-order chi connectivity index (χ0) is 20.5. The van der Waals surface area contributed by atoms with Gasteiger partial charge in [0, 0.05) is 6.04 Å². The number of rotatable bonds is 5. The van der Waals surface area contributed by atoms with E-state index in [9.17, 15) is 8.42 Å². The summed E-state index contributed by atoms with van der Waals surface area (Å²) in [5.74, 6) is 0. The Morgan fingerprint density at radius 2 is 1.54 bits per heavy atom. The van der Waals surface area contributed by atoms with Crippen molar-refractivity contribution in [2.24, 2.45) is 0 Å². The monoisotopic (exact) mass is 423 g/mol. The molecule has 0 spiro atoms. The van der Waals surface area contributed by atoms with Gasteiger partial charge in [-0.2, -0.15) is 0 Å². The van der Waals surface area contributed by atoms with Crippen LogP contribution in [-0.4, -0.2) is 30.5 Å². The molecule has 0 bridgehead atoms. The van der Waals surface area contributed by atoms with Gasteiger partial charge in [-0.15, -0.1) is 0 Å². The molecule has 1 aromatic heterocycles. The topological polar surface area (TPSA) is 81.2 Å². The van der Waals surface area contributed by atoms with Crippen molar-refractivity contribution >= 4 is 21.6 Å². The van der Waals surface area contributed by atoms with Crippen LogP contribution in [0.4, 0.5) is 0 Å². The largest absolute Gasteiger partial charge is 0.460 e. The molecule has 0 aliphatic heterocycles. The van der Waals surface area contributed by atoms with Gasteiger partial charge < -0.3 is 4.74 Å². The van der Waals surface area contributed by atoms with E-state index in [1.807, 2.05) is 33.8 Å². The second kappa shape index (κ2) is 8.35. The van der Waals surface area contributed by atoms with Crippen LogP contribution in [0.25, 0.3) is 0 Å². The third-order valence-corrected chi connectivity index (χ3v) is 7.42. The van der Waals surface area contributed by atoms with Crippen LogP contribution in [0.5, 0.6) is 6.01 Å². The van der Waals surface area contributed by atoms with E-state index in [1.165, 1.54) is 12.4 Å². The average molecular weight is 424 g/mol. The van der Waals surface area contributed by atoms with Crippen LogP contribution in [-0.2, 0) is 10.0 Å². The quantitative estimate of drug-likeness (QED) is 0.785. The molecule has 1 heterocycles. The van der Waals surface area contributed by atoms with Gasteiger partial charge in [-0.05, 0) is 75.6 Å². The van der Waals surface area contributed by atoms with Crippen LogP contribution < -0.4 is 9.46 Å². The summed E-state index contributed by atoms with van der Waals surface area (Å²) in [6.45, 7) is 7.63. The number of sulfonamides is 1. The van der Waals surface area contributed by atoms with E-state index in [-0.39, 0.29) is 12.1 Å². The van der Waals surface area contributed by atoms with Crippen molar-refractivity contribution in [2.45, 2.75) is 70.4 Å². The summed E-state index contributed by atoms with van der Waals surface area (Å²) in [5, 5.41) is 0.461. The Balaban J connectivity index is 1.65. The summed E-state index contributed by atoms with van der Waals surface area (Å²) < 4.78 is 34.8. The zero-order valence-corrected chi connectivity index (χ0v) is 18.2. The van der Waals surface area contributed by atoms with Crippen LogP contribution in [0.1, 0.15) is 47.9 Å². The lowest BCUT2D eigenvalue weighted by molar-refractivity contribution is 0.132. The molecule has 0 unspecified atom stereocenters. The first-order valence-electron chi connectivity index (χ1n) is 9.41. The normalized spacial score (nSPS) is 20.2. The van der Waals surface area contributed by atoms with Crippen LogP contribution >= 0.6 is 11.6 Å². The molecule has 0 amide bonds. The predicted octanol–water partition coefficient (Wildman–Crippen LogP) is 4.03. The Labute approximate surface area is 171 Å². The summed E-state index contributed by atoms with van der Waals surface area (Å²) in [5.41, 5.74) is 3.60. The minimum atomic E-state index is -3.58. The SMILES string of the molecule is Cc1cc(C)c(C)c(S(=O)(=O)NC2CCC(Oc3ncc(Cl)cn3)CC2)c1C. The highest BCUT2D eigenvalue weighted by atomic mass is 35.5. The molecule has 0 radical (unpaired) electrons. The van der Waals surface area contributed by atoms with Crippen LogP contribution in [0.3, 0.4) is 0 Å². The van der Waals surface area contributed by atoms with Gasteiger partial charge in [0.25, 0.3) is 0 Å². The molecule has 2 aromatic rings. The number of benzene rings is 1. The molecule has 6 nitrogen and oxygen atoms in total. The molecule has 3 rings (SSSR count). The minimum Gasteiger partial charge on any atom is -0.460 e. The zero-order valence-electron chi connectivity index (χ0n) is 16.6. The Morgan fingerprint density at radius 3 is 2.07 bits per heavy atom. The van der Waals surface area contributed by atoms with E-state index in [4.69, 9.17) is 16.3 Å². The number of aryl methyl sites for hydroxylation is 2. The molecule has 8 heteroatoms. The van der Waals surface area contributed by atoms with E-state index in [0.717, 1.165) is 35.1 Å². The standard InChI is InChI=1S/C20H26ClN3O3S/c1-12-9-13(2)15(4)19(14(12)3)28(25,26)24-17-5-7-18(8-6-17)27-20-22-10-16(21)11-23-20/h9-11,17-18,24H,5-8H2,1-4H3. The number of hydrogen-bond acceptors (Lipinski definition) is 5. The molecule has 1 aliphatic rings. The van der Waals surface area contributed by atoms with Gasteiger partial charge in [0.2, 0.25) is 10.0 Å². The maximum absolute atomic E-state index is 13.1. The Bertz CT molecular complexity index is 927. The van der Waals surface area contributed by atoms with Crippen molar-refractivity contribution in [2.75, 3.05) is 0 Å². The molecule has 28 heavy (non-hydrogen) atoms. The van der Waals surface area contributed by atoms with E-state index in [2.05, 4.69) is 14.7 Å². The lowest BCUT2D eigenvalue weighted by atomic mass is 9.94. The van der Waals surface area contributed by atoms with Crippen molar-refractivity contribution in [1.82, 2.24) is 14.7 Å². The fourth-order valence-electron chi connectivity index (χ4n) is 3.67. The number of nitrogens with one attached hydrogen (secondary N) is 1. The average Bonchev–Trinajstić information content (AvgIpc) is 2.63.